The summed E-state index contributed by atoms with van der Waals surface area (Å²) in [5.74, 6) is 0.599. The molecule has 1 aliphatic rings. The van der Waals surface area contributed by atoms with Gasteiger partial charge in [-0.1, -0.05) is 29.3 Å². The zero-order valence-corrected chi connectivity index (χ0v) is 15.6. The van der Waals surface area contributed by atoms with E-state index in [-0.39, 0.29) is 5.91 Å². The van der Waals surface area contributed by atoms with Crippen LogP contribution in [0.3, 0.4) is 0 Å². The summed E-state index contributed by atoms with van der Waals surface area (Å²) >= 11 is 12.3. The molecule has 0 bridgehead atoms. The lowest BCUT2D eigenvalue weighted by molar-refractivity contribution is 0.0747. The van der Waals surface area contributed by atoms with E-state index in [1.165, 1.54) is 0 Å². The Morgan fingerprint density at radius 3 is 2.48 bits per heavy atom. The monoisotopic (exact) mass is 378 g/mol. The molecule has 1 amide bonds. The van der Waals surface area contributed by atoms with Crippen LogP contribution in [0.1, 0.15) is 17.3 Å². The number of hydrogen-bond acceptors (Lipinski definition) is 3. The predicted octanol–water partition coefficient (Wildman–Crippen LogP) is 4.35. The quantitative estimate of drug-likeness (QED) is 0.792. The molecule has 4 nitrogen and oxygen atoms in total. The average Bonchev–Trinajstić information content (AvgIpc) is 2.63. The minimum atomic E-state index is -0.00399. The van der Waals surface area contributed by atoms with Crippen molar-refractivity contribution in [3.8, 4) is 5.75 Å². The molecule has 25 heavy (non-hydrogen) atoms. The van der Waals surface area contributed by atoms with Gasteiger partial charge in [0.1, 0.15) is 5.75 Å². The lowest BCUT2D eigenvalue weighted by Crippen LogP contribution is -2.48. The maximum Gasteiger partial charge on any atom is 0.254 e. The van der Waals surface area contributed by atoms with Crippen LogP contribution in [0.2, 0.25) is 10.0 Å². The summed E-state index contributed by atoms with van der Waals surface area (Å²) in [6, 6.07) is 13.0. The molecule has 2 aromatic carbocycles. The lowest BCUT2D eigenvalue weighted by atomic mass is 10.1. The topological polar surface area (TPSA) is 32.8 Å². The summed E-state index contributed by atoms with van der Waals surface area (Å²) in [5.41, 5.74) is 1.67. The van der Waals surface area contributed by atoms with Crippen molar-refractivity contribution in [2.75, 3.05) is 37.7 Å². The van der Waals surface area contributed by atoms with Crippen molar-refractivity contribution >= 4 is 34.8 Å². The smallest absolute Gasteiger partial charge is 0.254 e. The van der Waals surface area contributed by atoms with E-state index in [2.05, 4.69) is 4.90 Å². The standard InChI is InChI=1S/C19H20Cl2N2O2/c1-2-25-18-7-6-14(12-17(18)21)19(24)23-10-8-22(9-11-23)16-5-3-4-15(20)13-16/h3-7,12-13H,2,8-11H2,1H3. The minimum absolute atomic E-state index is 0.00399. The van der Waals surface area contributed by atoms with E-state index < -0.39 is 0 Å². The zero-order chi connectivity index (χ0) is 17.8. The number of halogens is 2. The van der Waals surface area contributed by atoms with Crippen LogP contribution in [0.25, 0.3) is 0 Å². The molecule has 3 rings (SSSR count). The number of anilines is 1. The van der Waals surface area contributed by atoms with Crippen molar-refractivity contribution in [2.24, 2.45) is 0 Å². The van der Waals surface area contributed by atoms with Crippen LogP contribution in [-0.2, 0) is 0 Å². The highest BCUT2D eigenvalue weighted by Gasteiger charge is 2.23. The molecule has 1 heterocycles. The molecule has 0 spiro atoms. The van der Waals surface area contributed by atoms with Crippen LogP contribution in [0.5, 0.6) is 5.75 Å². The fourth-order valence-electron chi connectivity index (χ4n) is 2.93. The van der Waals surface area contributed by atoms with Crippen molar-refractivity contribution in [3.63, 3.8) is 0 Å². The summed E-state index contributed by atoms with van der Waals surface area (Å²) in [7, 11) is 0. The second-order valence-electron chi connectivity index (χ2n) is 5.84. The Hall–Kier alpha value is -1.91. The Balaban J connectivity index is 1.64. The van der Waals surface area contributed by atoms with Crippen LogP contribution in [-0.4, -0.2) is 43.6 Å². The molecule has 0 atom stereocenters. The Morgan fingerprint density at radius 2 is 1.84 bits per heavy atom. The molecular formula is C19H20Cl2N2O2. The van der Waals surface area contributed by atoms with E-state index in [1.807, 2.05) is 36.1 Å². The van der Waals surface area contributed by atoms with Crippen LogP contribution in [0, 0.1) is 0 Å². The largest absolute Gasteiger partial charge is 0.492 e. The van der Waals surface area contributed by atoms with Crippen LogP contribution < -0.4 is 9.64 Å². The third kappa shape index (κ3) is 4.20. The van der Waals surface area contributed by atoms with Crippen molar-refractivity contribution < 1.29 is 9.53 Å². The lowest BCUT2D eigenvalue weighted by Gasteiger charge is -2.36. The first kappa shape index (κ1) is 17.9. The average molecular weight is 379 g/mol. The fourth-order valence-corrected chi connectivity index (χ4v) is 3.35. The number of piperazine rings is 1. The molecule has 0 aromatic heterocycles. The van der Waals surface area contributed by atoms with Gasteiger partial charge in [-0.2, -0.15) is 0 Å². The molecule has 1 aliphatic heterocycles. The number of ether oxygens (including phenoxy) is 1. The van der Waals surface area contributed by atoms with Crippen LogP contribution in [0.4, 0.5) is 5.69 Å². The molecule has 0 unspecified atom stereocenters. The maximum atomic E-state index is 12.7. The Labute approximate surface area is 157 Å². The van der Waals surface area contributed by atoms with Gasteiger partial charge in [-0.3, -0.25) is 4.79 Å². The van der Waals surface area contributed by atoms with Crippen molar-refractivity contribution in [1.82, 2.24) is 4.90 Å². The summed E-state index contributed by atoms with van der Waals surface area (Å²) in [4.78, 5) is 16.8. The van der Waals surface area contributed by atoms with E-state index in [0.29, 0.717) is 36.0 Å². The zero-order valence-electron chi connectivity index (χ0n) is 14.0. The normalized spacial score (nSPS) is 14.5. The van der Waals surface area contributed by atoms with Crippen LogP contribution >= 0.6 is 23.2 Å². The number of carbonyl (C=O) groups is 1. The fraction of sp³-hybridized carbons (Fsp3) is 0.316. The molecule has 0 radical (unpaired) electrons. The number of hydrogen-bond donors (Lipinski definition) is 0. The van der Waals surface area contributed by atoms with Gasteiger partial charge in [0.15, 0.2) is 0 Å². The predicted molar refractivity (Wildman–Crippen MR) is 102 cm³/mol. The SMILES string of the molecule is CCOc1ccc(C(=O)N2CCN(c3cccc(Cl)c3)CC2)cc1Cl. The van der Waals surface area contributed by atoms with E-state index in [0.717, 1.165) is 23.8 Å². The first-order chi connectivity index (χ1) is 12.1. The third-order valence-electron chi connectivity index (χ3n) is 4.22. The van der Waals surface area contributed by atoms with Gasteiger partial charge in [-0.15, -0.1) is 0 Å². The molecule has 0 aliphatic carbocycles. The van der Waals surface area contributed by atoms with Gasteiger partial charge in [0, 0.05) is 42.5 Å². The highest BCUT2D eigenvalue weighted by Crippen LogP contribution is 2.26. The summed E-state index contributed by atoms with van der Waals surface area (Å²) < 4.78 is 5.42. The maximum absolute atomic E-state index is 12.7. The minimum Gasteiger partial charge on any atom is -0.492 e. The molecule has 132 valence electrons. The molecule has 0 saturated carbocycles. The second kappa shape index (κ2) is 7.98. The van der Waals surface area contributed by atoms with Crippen molar-refractivity contribution in [3.05, 3.63) is 58.1 Å². The van der Waals surface area contributed by atoms with Crippen LogP contribution in [0.15, 0.2) is 42.5 Å². The highest BCUT2D eigenvalue weighted by atomic mass is 35.5. The van der Waals surface area contributed by atoms with E-state index in [9.17, 15) is 4.79 Å². The first-order valence-electron chi connectivity index (χ1n) is 8.30. The van der Waals surface area contributed by atoms with E-state index >= 15 is 0 Å². The van der Waals surface area contributed by atoms with Gasteiger partial charge in [-0.05, 0) is 43.3 Å². The summed E-state index contributed by atoms with van der Waals surface area (Å²) in [5, 5.41) is 1.19. The Morgan fingerprint density at radius 1 is 1.08 bits per heavy atom. The van der Waals surface area contributed by atoms with E-state index in [1.54, 1.807) is 18.2 Å². The van der Waals surface area contributed by atoms with Gasteiger partial charge in [0.25, 0.3) is 5.91 Å². The van der Waals surface area contributed by atoms with Gasteiger partial charge < -0.3 is 14.5 Å². The Bertz CT molecular complexity index is 759. The van der Waals surface area contributed by atoms with Gasteiger partial charge >= 0.3 is 0 Å². The Kier molecular flexibility index (Phi) is 5.71. The van der Waals surface area contributed by atoms with E-state index in [4.69, 9.17) is 27.9 Å². The number of amides is 1. The molecule has 0 N–H and O–H groups in total. The molecule has 1 fully saturated rings. The van der Waals surface area contributed by atoms with Crippen molar-refractivity contribution in [1.29, 1.82) is 0 Å². The second-order valence-corrected chi connectivity index (χ2v) is 6.68. The third-order valence-corrected chi connectivity index (χ3v) is 4.75. The van der Waals surface area contributed by atoms with Gasteiger partial charge in [0.05, 0.1) is 11.6 Å². The molecule has 1 saturated heterocycles. The number of nitrogens with zero attached hydrogens (tertiary/aromatic N) is 2. The van der Waals surface area contributed by atoms with Gasteiger partial charge in [0.2, 0.25) is 0 Å². The van der Waals surface area contributed by atoms with Crippen molar-refractivity contribution in [2.45, 2.75) is 6.92 Å². The first-order valence-corrected chi connectivity index (χ1v) is 9.06. The summed E-state index contributed by atoms with van der Waals surface area (Å²) in [6.07, 6.45) is 0. The summed E-state index contributed by atoms with van der Waals surface area (Å²) in [6.45, 7) is 5.31. The molecular weight excluding hydrogens is 359 g/mol. The van der Waals surface area contributed by atoms with Gasteiger partial charge in [-0.25, -0.2) is 0 Å². The molecule has 6 heteroatoms. The number of rotatable bonds is 4. The molecule has 2 aromatic rings. The number of benzene rings is 2. The number of carbonyl (C=O) groups excluding carboxylic acids is 1. The highest BCUT2D eigenvalue weighted by molar-refractivity contribution is 6.32.